The number of nitrogens with zero attached hydrogens (tertiary/aromatic N) is 2. The molecule has 1 atom stereocenters. The topological polar surface area (TPSA) is 44.2 Å². The quantitative estimate of drug-likeness (QED) is 0.738. The minimum atomic E-state index is 0.342. The molecule has 1 heterocycles. The molecule has 1 rings (SSSR count). The van der Waals surface area contributed by atoms with Gasteiger partial charge in [0, 0.05) is 11.8 Å². The molecule has 0 saturated carbocycles. The van der Waals surface area contributed by atoms with Crippen LogP contribution >= 0.6 is 0 Å². The highest BCUT2D eigenvalue weighted by molar-refractivity contribution is 5.28. The van der Waals surface area contributed by atoms with Crippen LogP contribution in [0.3, 0.4) is 0 Å². The first-order valence-electron chi connectivity index (χ1n) is 4.67. The molecule has 4 nitrogen and oxygen atoms in total. The molecule has 0 spiro atoms. The van der Waals surface area contributed by atoms with Crippen LogP contribution in [0.1, 0.15) is 31.7 Å². The molecule has 0 bridgehead atoms. The van der Waals surface area contributed by atoms with Crippen LogP contribution in [0.25, 0.3) is 0 Å². The highest BCUT2D eigenvalue weighted by Gasteiger charge is 2.12. The summed E-state index contributed by atoms with van der Waals surface area (Å²) in [5, 5.41) is 0. The van der Waals surface area contributed by atoms with Crippen molar-refractivity contribution >= 4 is 0 Å². The van der Waals surface area contributed by atoms with Gasteiger partial charge in [0.05, 0.1) is 14.2 Å². The third-order valence-corrected chi connectivity index (χ3v) is 2.28. The van der Waals surface area contributed by atoms with E-state index in [-0.39, 0.29) is 0 Å². The maximum absolute atomic E-state index is 5.18. The molecule has 0 aliphatic carbocycles. The Kier molecular flexibility index (Phi) is 3.68. The van der Waals surface area contributed by atoms with Crippen LogP contribution in [0.4, 0.5) is 0 Å². The summed E-state index contributed by atoms with van der Waals surface area (Å²) in [6, 6.07) is 0.342. The molecule has 4 heteroatoms. The van der Waals surface area contributed by atoms with E-state index >= 15 is 0 Å². The summed E-state index contributed by atoms with van der Waals surface area (Å²) < 4.78 is 10.1. The van der Waals surface area contributed by atoms with Gasteiger partial charge in [0.2, 0.25) is 5.88 Å². The molecule has 0 fully saturated rings. The molecule has 0 aromatic carbocycles. The second-order valence-electron chi connectivity index (χ2n) is 3.13. The lowest BCUT2D eigenvalue weighted by Gasteiger charge is -2.12. The van der Waals surface area contributed by atoms with Crippen LogP contribution in [0, 0.1) is 0 Å². The van der Waals surface area contributed by atoms with Gasteiger partial charge >= 0.3 is 6.01 Å². The van der Waals surface area contributed by atoms with Crippen molar-refractivity contribution in [2.75, 3.05) is 14.2 Å². The number of methoxy groups -OCH3 is 2. The fraction of sp³-hybridized carbons (Fsp3) is 0.600. The summed E-state index contributed by atoms with van der Waals surface area (Å²) in [7, 11) is 3.14. The summed E-state index contributed by atoms with van der Waals surface area (Å²) in [4.78, 5) is 8.18. The van der Waals surface area contributed by atoms with Gasteiger partial charge < -0.3 is 9.47 Å². The van der Waals surface area contributed by atoms with Crippen molar-refractivity contribution in [2.24, 2.45) is 0 Å². The van der Waals surface area contributed by atoms with Crippen LogP contribution in [0.5, 0.6) is 11.9 Å². The second kappa shape index (κ2) is 4.79. The molecule has 0 radical (unpaired) electrons. The van der Waals surface area contributed by atoms with E-state index in [1.807, 2.05) is 0 Å². The van der Waals surface area contributed by atoms with E-state index in [2.05, 4.69) is 23.8 Å². The minimum absolute atomic E-state index is 0.342. The molecule has 1 aromatic rings. The number of ether oxygens (including phenoxy) is 2. The Balaban J connectivity index is 3.04. The van der Waals surface area contributed by atoms with E-state index in [9.17, 15) is 0 Å². The van der Waals surface area contributed by atoms with E-state index < -0.39 is 0 Å². The standard InChI is InChI=1S/C10H16N2O2/c1-5-7(2)8-6-11-10(14-4)12-9(8)13-3/h6-7H,5H2,1-4H3. The molecule has 0 aliphatic heterocycles. The molecule has 78 valence electrons. The summed E-state index contributed by atoms with van der Waals surface area (Å²) in [5.41, 5.74) is 1.02. The lowest BCUT2D eigenvalue weighted by Crippen LogP contribution is -2.02. The zero-order chi connectivity index (χ0) is 10.6. The minimum Gasteiger partial charge on any atom is -0.481 e. The van der Waals surface area contributed by atoms with Gasteiger partial charge in [-0.2, -0.15) is 4.98 Å². The van der Waals surface area contributed by atoms with Crippen molar-refractivity contribution in [3.63, 3.8) is 0 Å². The third kappa shape index (κ3) is 2.13. The number of hydrogen-bond donors (Lipinski definition) is 0. The van der Waals surface area contributed by atoms with E-state index in [1.54, 1.807) is 13.3 Å². The summed E-state index contributed by atoms with van der Waals surface area (Å²) >= 11 is 0. The average Bonchev–Trinajstić information content (AvgIpc) is 2.27. The molecule has 0 amide bonds. The normalized spacial score (nSPS) is 12.3. The number of aromatic nitrogens is 2. The van der Waals surface area contributed by atoms with Crippen molar-refractivity contribution in [1.29, 1.82) is 0 Å². The monoisotopic (exact) mass is 196 g/mol. The SMILES string of the molecule is CCC(C)c1cnc(OC)nc1OC. The zero-order valence-corrected chi connectivity index (χ0v) is 9.07. The number of hydrogen-bond acceptors (Lipinski definition) is 4. The van der Waals surface area contributed by atoms with E-state index in [0.717, 1.165) is 12.0 Å². The molecule has 14 heavy (non-hydrogen) atoms. The Labute approximate surface area is 84.3 Å². The highest BCUT2D eigenvalue weighted by atomic mass is 16.5. The van der Waals surface area contributed by atoms with Crippen molar-refractivity contribution in [2.45, 2.75) is 26.2 Å². The van der Waals surface area contributed by atoms with E-state index in [4.69, 9.17) is 9.47 Å². The third-order valence-electron chi connectivity index (χ3n) is 2.28. The Hall–Kier alpha value is -1.32. The van der Waals surface area contributed by atoms with Crippen molar-refractivity contribution in [3.8, 4) is 11.9 Å². The summed E-state index contributed by atoms with van der Waals surface area (Å²) in [6.45, 7) is 4.24. The average molecular weight is 196 g/mol. The van der Waals surface area contributed by atoms with Crippen molar-refractivity contribution < 1.29 is 9.47 Å². The maximum atomic E-state index is 5.18. The van der Waals surface area contributed by atoms with Gasteiger partial charge in [0.25, 0.3) is 0 Å². The molecular weight excluding hydrogens is 180 g/mol. The summed E-state index contributed by atoms with van der Waals surface area (Å²) in [5.74, 6) is 1.00. The van der Waals surface area contributed by atoms with Gasteiger partial charge in [-0.3, -0.25) is 0 Å². The predicted octanol–water partition coefficient (Wildman–Crippen LogP) is 2.01. The van der Waals surface area contributed by atoms with Gasteiger partial charge in [-0.25, -0.2) is 4.98 Å². The van der Waals surface area contributed by atoms with Crippen molar-refractivity contribution in [3.05, 3.63) is 11.8 Å². The molecule has 0 saturated heterocycles. The second-order valence-corrected chi connectivity index (χ2v) is 3.13. The fourth-order valence-electron chi connectivity index (χ4n) is 1.18. The first-order chi connectivity index (χ1) is 6.72. The van der Waals surface area contributed by atoms with Crippen LogP contribution in [0.2, 0.25) is 0 Å². The first kappa shape index (κ1) is 10.8. The first-order valence-corrected chi connectivity index (χ1v) is 4.67. The van der Waals surface area contributed by atoms with Gasteiger partial charge in [0.15, 0.2) is 0 Å². The smallest absolute Gasteiger partial charge is 0.319 e. The Morgan fingerprint density at radius 3 is 2.57 bits per heavy atom. The van der Waals surface area contributed by atoms with E-state index in [0.29, 0.717) is 17.8 Å². The lowest BCUT2D eigenvalue weighted by atomic mass is 10.0. The van der Waals surface area contributed by atoms with Gasteiger partial charge in [-0.05, 0) is 12.3 Å². The number of rotatable bonds is 4. The molecule has 0 aliphatic rings. The largest absolute Gasteiger partial charge is 0.481 e. The van der Waals surface area contributed by atoms with Crippen LogP contribution in [0.15, 0.2) is 6.20 Å². The molecular formula is C10H16N2O2. The van der Waals surface area contributed by atoms with Gasteiger partial charge in [-0.15, -0.1) is 0 Å². The highest BCUT2D eigenvalue weighted by Crippen LogP contribution is 2.27. The Morgan fingerprint density at radius 1 is 1.36 bits per heavy atom. The molecule has 0 N–H and O–H groups in total. The predicted molar refractivity (Wildman–Crippen MR) is 53.8 cm³/mol. The maximum Gasteiger partial charge on any atom is 0.319 e. The van der Waals surface area contributed by atoms with Crippen LogP contribution in [-0.2, 0) is 0 Å². The fourth-order valence-corrected chi connectivity index (χ4v) is 1.18. The van der Waals surface area contributed by atoms with Crippen LogP contribution in [-0.4, -0.2) is 24.2 Å². The van der Waals surface area contributed by atoms with Crippen LogP contribution < -0.4 is 9.47 Å². The Morgan fingerprint density at radius 2 is 2.07 bits per heavy atom. The Bertz CT molecular complexity index is 302. The van der Waals surface area contributed by atoms with E-state index in [1.165, 1.54) is 7.11 Å². The zero-order valence-electron chi connectivity index (χ0n) is 9.07. The lowest BCUT2D eigenvalue weighted by molar-refractivity contribution is 0.346. The van der Waals surface area contributed by atoms with Gasteiger partial charge in [0.1, 0.15) is 0 Å². The molecule has 1 aromatic heterocycles. The van der Waals surface area contributed by atoms with Gasteiger partial charge in [-0.1, -0.05) is 13.8 Å². The summed E-state index contributed by atoms with van der Waals surface area (Å²) in [6.07, 6.45) is 2.80. The van der Waals surface area contributed by atoms with Crippen molar-refractivity contribution in [1.82, 2.24) is 9.97 Å². The molecule has 1 unspecified atom stereocenters.